The van der Waals surface area contributed by atoms with Crippen molar-refractivity contribution in [1.29, 1.82) is 0 Å². The third-order valence-corrected chi connectivity index (χ3v) is 5.64. The topological polar surface area (TPSA) is 44.8 Å². The minimum atomic E-state index is -0.766. The second kappa shape index (κ2) is 5.79. The standard InChI is InChI=1S/C11H20O4Si/c1-2-3-10(12)15-16-11(8-4-13-5-8)9-6-14-7-9/h8-9,11H,2-7,16H2,1H3. The zero-order chi connectivity index (χ0) is 11.4. The lowest BCUT2D eigenvalue weighted by atomic mass is 9.91. The summed E-state index contributed by atoms with van der Waals surface area (Å²) >= 11 is 0. The molecule has 92 valence electrons. The van der Waals surface area contributed by atoms with Crippen molar-refractivity contribution < 1.29 is 18.7 Å². The van der Waals surface area contributed by atoms with E-state index in [1.807, 2.05) is 6.92 Å². The molecule has 0 unspecified atom stereocenters. The van der Waals surface area contributed by atoms with Crippen molar-refractivity contribution >= 4 is 15.7 Å². The lowest BCUT2D eigenvalue weighted by Crippen LogP contribution is -2.44. The fourth-order valence-electron chi connectivity index (χ4n) is 2.12. The van der Waals surface area contributed by atoms with Crippen LogP contribution in [-0.4, -0.2) is 42.2 Å². The Labute approximate surface area is 98.6 Å². The fraction of sp³-hybridized carbons (Fsp3) is 0.909. The summed E-state index contributed by atoms with van der Waals surface area (Å²) in [6, 6.07) is 0. The van der Waals surface area contributed by atoms with Crippen LogP contribution in [0.25, 0.3) is 0 Å². The Morgan fingerprint density at radius 3 is 2.25 bits per heavy atom. The molecule has 0 aromatic heterocycles. The summed E-state index contributed by atoms with van der Waals surface area (Å²) in [4.78, 5) is 11.4. The molecule has 0 bridgehead atoms. The van der Waals surface area contributed by atoms with Gasteiger partial charge in [-0.1, -0.05) is 6.92 Å². The molecule has 2 aliphatic rings. The maximum atomic E-state index is 11.4. The van der Waals surface area contributed by atoms with E-state index in [0.29, 0.717) is 23.8 Å². The monoisotopic (exact) mass is 244 g/mol. The van der Waals surface area contributed by atoms with Crippen LogP contribution >= 0.6 is 0 Å². The lowest BCUT2D eigenvalue weighted by molar-refractivity contribution is -0.135. The first kappa shape index (κ1) is 12.1. The first-order chi connectivity index (χ1) is 7.81. The third-order valence-electron chi connectivity index (χ3n) is 3.43. The van der Waals surface area contributed by atoms with Gasteiger partial charge in [0.15, 0.2) is 0 Å². The molecule has 0 amide bonds. The Kier molecular flexibility index (Phi) is 4.37. The van der Waals surface area contributed by atoms with Crippen molar-refractivity contribution in [3.63, 3.8) is 0 Å². The van der Waals surface area contributed by atoms with Crippen molar-refractivity contribution in [3.8, 4) is 0 Å². The number of hydrogen-bond acceptors (Lipinski definition) is 4. The molecule has 0 aromatic carbocycles. The van der Waals surface area contributed by atoms with Gasteiger partial charge in [-0.15, -0.1) is 0 Å². The highest BCUT2D eigenvalue weighted by Crippen LogP contribution is 2.36. The van der Waals surface area contributed by atoms with Crippen LogP contribution in [-0.2, 0) is 18.7 Å². The average molecular weight is 244 g/mol. The van der Waals surface area contributed by atoms with Gasteiger partial charge >= 0.3 is 0 Å². The van der Waals surface area contributed by atoms with Crippen molar-refractivity contribution in [3.05, 3.63) is 0 Å². The van der Waals surface area contributed by atoms with E-state index in [9.17, 15) is 4.79 Å². The van der Waals surface area contributed by atoms with Crippen LogP contribution in [0.2, 0.25) is 5.54 Å². The van der Waals surface area contributed by atoms with Crippen molar-refractivity contribution in [2.45, 2.75) is 25.3 Å². The fourth-order valence-corrected chi connectivity index (χ4v) is 3.74. The quantitative estimate of drug-likeness (QED) is 0.638. The normalized spacial score (nSPS) is 22.4. The Morgan fingerprint density at radius 2 is 1.88 bits per heavy atom. The van der Waals surface area contributed by atoms with Crippen molar-refractivity contribution in [2.75, 3.05) is 26.4 Å². The Hall–Kier alpha value is -0.393. The summed E-state index contributed by atoms with van der Waals surface area (Å²) in [5, 5.41) is 0. The van der Waals surface area contributed by atoms with Crippen LogP contribution in [0.5, 0.6) is 0 Å². The van der Waals surface area contributed by atoms with Crippen molar-refractivity contribution in [1.82, 2.24) is 0 Å². The van der Waals surface area contributed by atoms with Crippen LogP contribution in [0.4, 0.5) is 0 Å². The van der Waals surface area contributed by atoms with Crippen LogP contribution in [0, 0.1) is 11.8 Å². The van der Waals surface area contributed by atoms with E-state index in [-0.39, 0.29) is 5.97 Å². The third kappa shape index (κ3) is 2.84. The minimum absolute atomic E-state index is 0.0142. The molecule has 2 heterocycles. The molecule has 0 saturated carbocycles. The molecule has 0 spiro atoms. The molecular weight excluding hydrogens is 224 g/mol. The molecule has 0 N–H and O–H groups in total. The molecular formula is C11H20O4Si. The smallest absolute Gasteiger partial charge is 0.292 e. The number of rotatable bonds is 6. The summed E-state index contributed by atoms with van der Waals surface area (Å²) in [5.74, 6) is 1.23. The van der Waals surface area contributed by atoms with E-state index in [1.54, 1.807) is 0 Å². The van der Waals surface area contributed by atoms with E-state index < -0.39 is 9.76 Å². The van der Waals surface area contributed by atoms with Gasteiger partial charge in [-0.3, -0.25) is 4.79 Å². The minimum Gasteiger partial charge on any atom is -0.525 e. The lowest BCUT2D eigenvalue weighted by Gasteiger charge is -2.41. The van der Waals surface area contributed by atoms with Gasteiger partial charge in [0, 0.05) is 18.3 Å². The van der Waals surface area contributed by atoms with Gasteiger partial charge in [0.2, 0.25) is 9.76 Å². The molecule has 0 aliphatic carbocycles. The van der Waals surface area contributed by atoms with Gasteiger partial charge in [0.1, 0.15) is 0 Å². The predicted molar refractivity (Wildman–Crippen MR) is 61.9 cm³/mol. The van der Waals surface area contributed by atoms with E-state index in [4.69, 9.17) is 13.9 Å². The molecule has 2 saturated heterocycles. The van der Waals surface area contributed by atoms with Gasteiger partial charge in [0.25, 0.3) is 5.97 Å². The number of hydrogen-bond donors (Lipinski definition) is 0. The highest BCUT2D eigenvalue weighted by Gasteiger charge is 2.39. The summed E-state index contributed by atoms with van der Waals surface area (Å²) in [6.45, 7) is 5.39. The Morgan fingerprint density at radius 1 is 1.31 bits per heavy atom. The van der Waals surface area contributed by atoms with Gasteiger partial charge < -0.3 is 13.9 Å². The first-order valence-corrected chi connectivity index (χ1v) is 7.51. The largest absolute Gasteiger partial charge is 0.525 e. The summed E-state index contributed by atoms with van der Waals surface area (Å²) in [6.07, 6.45) is 1.43. The molecule has 0 radical (unpaired) electrons. The summed E-state index contributed by atoms with van der Waals surface area (Å²) in [7, 11) is -0.766. The second-order valence-electron chi connectivity index (χ2n) is 4.69. The highest BCUT2D eigenvalue weighted by atomic mass is 28.2. The zero-order valence-corrected chi connectivity index (χ0v) is 11.2. The SMILES string of the molecule is CCCC(=O)O[SiH2]C(C1COC1)C1COC1. The zero-order valence-electron chi connectivity index (χ0n) is 9.81. The second-order valence-corrected chi connectivity index (χ2v) is 6.26. The highest BCUT2D eigenvalue weighted by molar-refractivity contribution is 6.33. The molecule has 5 heteroatoms. The van der Waals surface area contributed by atoms with Gasteiger partial charge in [-0.2, -0.15) is 0 Å². The van der Waals surface area contributed by atoms with Crippen LogP contribution in [0.15, 0.2) is 0 Å². The molecule has 16 heavy (non-hydrogen) atoms. The van der Waals surface area contributed by atoms with Gasteiger partial charge in [0.05, 0.1) is 26.4 Å². The van der Waals surface area contributed by atoms with E-state index in [2.05, 4.69) is 0 Å². The molecule has 0 atom stereocenters. The van der Waals surface area contributed by atoms with Crippen molar-refractivity contribution in [2.24, 2.45) is 11.8 Å². The Bertz CT molecular complexity index is 224. The average Bonchev–Trinajstić information content (AvgIpc) is 2.09. The Balaban J connectivity index is 1.75. The van der Waals surface area contributed by atoms with Gasteiger partial charge in [-0.25, -0.2) is 0 Å². The molecule has 2 fully saturated rings. The number of ether oxygens (including phenoxy) is 2. The summed E-state index contributed by atoms with van der Waals surface area (Å²) < 4.78 is 15.9. The first-order valence-electron chi connectivity index (χ1n) is 6.12. The van der Waals surface area contributed by atoms with Crippen LogP contribution < -0.4 is 0 Å². The van der Waals surface area contributed by atoms with Crippen LogP contribution in [0.1, 0.15) is 19.8 Å². The van der Waals surface area contributed by atoms with Gasteiger partial charge in [-0.05, 0) is 12.0 Å². The van der Waals surface area contributed by atoms with E-state index in [1.165, 1.54) is 0 Å². The van der Waals surface area contributed by atoms with E-state index >= 15 is 0 Å². The summed E-state index contributed by atoms with van der Waals surface area (Å²) in [5.41, 5.74) is 0.573. The maximum Gasteiger partial charge on any atom is 0.292 e. The molecule has 2 aliphatic heterocycles. The number of carbonyl (C=O) groups excluding carboxylic acids is 1. The maximum absolute atomic E-state index is 11.4. The number of carbonyl (C=O) groups is 1. The molecule has 4 nitrogen and oxygen atoms in total. The predicted octanol–water partition coefficient (Wildman–Crippen LogP) is 0.495. The molecule has 0 aromatic rings. The van der Waals surface area contributed by atoms with E-state index in [0.717, 1.165) is 32.8 Å². The van der Waals surface area contributed by atoms with Crippen LogP contribution in [0.3, 0.4) is 0 Å². The molecule has 2 rings (SSSR count).